The van der Waals surface area contributed by atoms with Crippen LogP contribution in [0.5, 0.6) is 0 Å². The number of benzene rings is 1. The van der Waals surface area contributed by atoms with Crippen LogP contribution in [0.1, 0.15) is 32.4 Å². The molecule has 2 atom stereocenters. The van der Waals surface area contributed by atoms with Crippen LogP contribution < -0.4 is 11.1 Å². The summed E-state index contributed by atoms with van der Waals surface area (Å²) in [6, 6.07) is 10.5. The minimum atomic E-state index is -0.136. The van der Waals surface area contributed by atoms with Crippen LogP contribution in [0.4, 0.5) is 0 Å². The number of nitrogens with one attached hydrogen (secondary N) is 1. The van der Waals surface area contributed by atoms with Gasteiger partial charge in [-0.3, -0.25) is 9.69 Å². The summed E-state index contributed by atoms with van der Waals surface area (Å²) in [5.74, 6) is -0.108. The summed E-state index contributed by atoms with van der Waals surface area (Å²) in [5, 5.41) is 3.02. The fourth-order valence-electron chi connectivity index (χ4n) is 2.28. The van der Waals surface area contributed by atoms with Crippen molar-refractivity contribution in [2.24, 2.45) is 11.7 Å². The van der Waals surface area contributed by atoms with Crippen LogP contribution in [0.3, 0.4) is 0 Å². The number of amides is 1. The van der Waals surface area contributed by atoms with E-state index in [-0.39, 0.29) is 17.9 Å². The van der Waals surface area contributed by atoms with Crippen LogP contribution in [-0.4, -0.2) is 37.0 Å². The molecule has 4 nitrogen and oxygen atoms in total. The molecule has 1 amide bonds. The Morgan fingerprint density at radius 2 is 1.85 bits per heavy atom. The standard InChI is InChI=1S/C16H27N3O/c1-4-19(5-2)15(14-9-7-6-8-10-14)12-18-16(20)13(3)11-17/h6-10,13,15H,4-5,11-12,17H2,1-3H3,(H,18,20). The summed E-state index contributed by atoms with van der Waals surface area (Å²) in [7, 11) is 0. The molecule has 3 N–H and O–H groups in total. The van der Waals surface area contributed by atoms with E-state index in [1.807, 2.05) is 25.1 Å². The monoisotopic (exact) mass is 277 g/mol. The summed E-state index contributed by atoms with van der Waals surface area (Å²) < 4.78 is 0. The fraction of sp³-hybridized carbons (Fsp3) is 0.562. The molecule has 1 rings (SSSR count). The van der Waals surface area contributed by atoms with Crippen molar-refractivity contribution in [3.05, 3.63) is 35.9 Å². The van der Waals surface area contributed by atoms with Gasteiger partial charge < -0.3 is 11.1 Å². The SMILES string of the molecule is CCN(CC)C(CNC(=O)C(C)CN)c1ccccc1. The first-order valence-corrected chi connectivity index (χ1v) is 7.40. The van der Waals surface area contributed by atoms with E-state index in [0.717, 1.165) is 13.1 Å². The van der Waals surface area contributed by atoms with Gasteiger partial charge in [-0.1, -0.05) is 51.1 Å². The van der Waals surface area contributed by atoms with Gasteiger partial charge >= 0.3 is 0 Å². The molecular formula is C16H27N3O. The van der Waals surface area contributed by atoms with E-state index >= 15 is 0 Å². The molecule has 112 valence electrons. The molecule has 0 aliphatic heterocycles. The van der Waals surface area contributed by atoms with Crippen LogP contribution in [0.2, 0.25) is 0 Å². The van der Waals surface area contributed by atoms with Gasteiger partial charge in [0, 0.05) is 19.0 Å². The Hall–Kier alpha value is -1.39. The van der Waals surface area contributed by atoms with Gasteiger partial charge in [-0.15, -0.1) is 0 Å². The Labute approximate surface area is 122 Å². The number of likely N-dealkylation sites (N-methyl/N-ethyl adjacent to an activating group) is 1. The molecule has 0 bridgehead atoms. The molecule has 0 radical (unpaired) electrons. The molecule has 0 saturated heterocycles. The zero-order valence-corrected chi connectivity index (χ0v) is 12.8. The number of rotatable bonds is 8. The molecular weight excluding hydrogens is 250 g/mol. The smallest absolute Gasteiger partial charge is 0.224 e. The van der Waals surface area contributed by atoms with Gasteiger partial charge in [0.15, 0.2) is 0 Å². The topological polar surface area (TPSA) is 58.4 Å². The summed E-state index contributed by atoms with van der Waals surface area (Å²) in [4.78, 5) is 14.2. The Balaban J connectivity index is 2.76. The number of carbonyl (C=O) groups excluding carboxylic acids is 1. The highest BCUT2D eigenvalue weighted by Gasteiger charge is 2.19. The molecule has 1 aromatic carbocycles. The first-order chi connectivity index (χ1) is 9.63. The average molecular weight is 277 g/mol. The zero-order chi connectivity index (χ0) is 15.0. The van der Waals surface area contributed by atoms with E-state index in [0.29, 0.717) is 13.1 Å². The lowest BCUT2D eigenvalue weighted by atomic mass is 10.0. The van der Waals surface area contributed by atoms with Gasteiger partial charge in [0.25, 0.3) is 0 Å². The quantitative estimate of drug-likeness (QED) is 0.761. The molecule has 0 saturated carbocycles. The normalized spacial score (nSPS) is 14.1. The lowest BCUT2D eigenvalue weighted by Crippen LogP contribution is -2.41. The predicted octanol–water partition coefficient (Wildman–Crippen LogP) is 1.78. The molecule has 20 heavy (non-hydrogen) atoms. The summed E-state index contributed by atoms with van der Waals surface area (Å²) in [6.07, 6.45) is 0. The Kier molecular flexibility index (Phi) is 7.26. The molecule has 0 heterocycles. The first-order valence-electron chi connectivity index (χ1n) is 7.40. The highest BCUT2D eigenvalue weighted by atomic mass is 16.1. The Morgan fingerprint density at radius 1 is 1.25 bits per heavy atom. The van der Waals surface area contributed by atoms with Crippen molar-refractivity contribution in [3.8, 4) is 0 Å². The number of carbonyl (C=O) groups is 1. The fourth-order valence-corrected chi connectivity index (χ4v) is 2.28. The van der Waals surface area contributed by atoms with Gasteiger partial charge in [-0.25, -0.2) is 0 Å². The van der Waals surface area contributed by atoms with Crippen molar-refractivity contribution in [2.75, 3.05) is 26.2 Å². The number of hydrogen-bond acceptors (Lipinski definition) is 3. The van der Waals surface area contributed by atoms with Crippen molar-refractivity contribution in [2.45, 2.75) is 26.8 Å². The lowest BCUT2D eigenvalue weighted by Gasteiger charge is -2.30. The van der Waals surface area contributed by atoms with E-state index in [1.54, 1.807) is 0 Å². The first kappa shape index (κ1) is 16.7. The van der Waals surface area contributed by atoms with Crippen molar-refractivity contribution in [3.63, 3.8) is 0 Å². The summed E-state index contributed by atoms with van der Waals surface area (Å²) in [5.41, 5.74) is 6.76. The zero-order valence-electron chi connectivity index (χ0n) is 12.8. The van der Waals surface area contributed by atoms with Gasteiger partial charge in [0.05, 0.1) is 6.04 Å². The molecule has 1 aromatic rings. The van der Waals surface area contributed by atoms with E-state index in [2.05, 4.69) is 36.2 Å². The number of hydrogen-bond donors (Lipinski definition) is 2. The van der Waals surface area contributed by atoms with E-state index < -0.39 is 0 Å². The van der Waals surface area contributed by atoms with Crippen molar-refractivity contribution in [1.82, 2.24) is 10.2 Å². The van der Waals surface area contributed by atoms with Crippen LogP contribution in [0.15, 0.2) is 30.3 Å². The average Bonchev–Trinajstić information content (AvgIpc) is 2.51. The van der Waals surface area contributed by atoms with Gasteiger partial charge in [0.2, 0.25) is 5.91 Å². The number of nitrogens with zero attached hydrogens (tertiary/aromatic N) is 1. The van der Waals surface area contributed by atoms with E-state index in [9.17, 15) is 4.79 Å². The van der Waals surface area contributed by atoms with Crippen molar-refractivity contribution >= 4 is 5.91 Å². The maximum absolute atomic E-state index is 11.9. The van der Waals surface area contributed by atoms with Gasteiger partial charge in [0.1, 0.15) is 0 Å². The predicted molar refractivity (Wildman–Crippen MR) is 83.3 cm³/mol. The van der Waals surface area contributed by atoms with Crippen molar-refractivity contribution < 1.29 is 4.79 Å². The van der Waals surface area contributed by atoms with E-state index in [1.165, 1.54) is 5.56 Å². The molecule has 0 aliphatic carbocycles. The van der Waals surface area contributed by atoms with Crippen LogP contribution in [0, 0.1) is 5.92 Å². The molecule has 0 fully saturated rings. The maximum Gasteiger partial charge on any atom is 0.224 e. The molecule has 2 unspecified atom stereocenters. The highest BCUT2D eigenvalue weighted by Crippen LogP contribution is 2.19. The molecule has 4 heteroatoms. The van der Waals surface area contributed by atoms with Crippen LogP contribution >= 0.6 is 0 Å². The lowest BCUT2D eigenvalue weighted by molar-refractivity contribution is -0.124. The van der Waals surface area contributed by atoms with Crippen LogP contribution in [0.25, 0.3) is 0 Å². The molecule has 0 aliphatic rings. The minimum absolute atomic E-state index is 0.0283. The highest BCUT2D eigenvalue weighted by molar-refractivity contribution is 5.78. The summed E-state index contributed by atoms with van der Waals surface area (Å²) in [6.45, 7) is 9.05. The third kappa shape index (κ3) is 4.62. The minimum Gasteiger partial charge on any atom is -0.354 e. The second-order valence-electron chi connectivity index (χ2n) is 5.03. The second-order valence-corrected chi connectivity index (χ2v) is 5.03. The summed E-state index contributed by atoms with van der Waals surface area (Å²) >= 11 is 0. The van der Waals surface area contributed by atoms with Crippen molar-refractivity contribution in [1.29, 1.82) is 0 Å². The largest absolute Gasteiger partial charge is 0.354 e. The third-order valence-corrected chi connectivity index (χ3v) is 3.71. The maximum atomic E-state index is 11.9. The van der Waals surface area contributed by atoms with Crippen LogP contribution in [-0.2, 0) is 4.79 Å². The molecule has 0 spiro atoms. The third-order valence-electron chi connectivity index (χ3n) is 3.71. The Bertz CT molecular complexity index is 390. The van der Waals surface area contributed by atoms with Gasteiger partial charge in [-0.2, -0.15) is 0 Å². The molecule has 0 aromatic heterocycles. The van der Waals surface area contributed by atoms with E-state index in [4.69, 9.17) is 5.73 Å². The van der Waals surface area contributed by atoms with Gasteiger partial charge in [-0.05, 0) is 18.7 Å². The Morgan fingerprint density at radius 3 is 2.35 bits per heavy atom. The second kappa shape index (κ2) is 8.72. The number of nitrogens with two attached hydrogens (primary N) is 1.